The summed E-state index contributed by atoms with van der Waals surface area (Å²) < 4.78 is 6.78. The number of nitrogens with one attached hydrogen (secondary N) is 2. The number of rotatable bonds is 7. The molecule has 0 amide bonds. The normalized spacial score (nSPS) is 10.9. The topological polar surface area (TPSA) is 96.6 Å². The molecule has 0 fully saturated rings. The molecular weight excluding hydrogens is 435 g/mol. The summed E-state index contributed by atoms with van der Waals surface area (Å²) in [7, 11) is 3.41. The van der Waals surface area contributed by atoms with Gasteiger partial charge in [-0.1, -0.05) is 6.07 Å². The zero-order valence-corrected chi connectivity index (χ0v) is 17.0. The van der Waals surface area contributed by atoms with E-state index in [9.17, 15) is 5.11 Å². The summed E-state index contributed by atoms with van der Waals surface area (Å²) in [4.78, 5) is 8.63. The molecule has 0 unspecified atom stereocenters. The number of aliphatic imine (C=N–C) groups is 1. The van der Waals surface area contributed by atoms with Crippen LogP contribution in [0.1, 0.15) is 18.3 Å². The van der Waals surface area contributed by atoms with Crippen molar-refractivity contribution in [3.8, 4) is 11.5 Å². The Kier molecular flexibility index (Phi) is 9.03. The largest absolute Gasteiger partial charge is 0.508 e. The van der Waals surface area contributed by atoms with Gasteiger partial charge < -0.3 is 20.5 Å². The lowest BCUT2D eigenvalue weighted by atomic mass is 10.1. The Hall–Kier alpha value is -2.04. The van der Waals surface area contributed by atoms with Gasteiger partial charge in [-0.25, -0.2) is 9.98 Å². The first-order valence-electron chi connectivity index (χ1n) is 7.85. The third-order valence-electron chi connectivity index (χ3n) is 3.51. The van der Waals surface area contributed by atoms with E-state index in [0.717, 1.165) is 17.9 Å². The first-order chi connectivity index (χ1) is 11.6. The van der Waals surface area contributed by atoms with Crippen molar-refractivity contribution in [3.05, 3.63) is 35.9 Å². The lowest BCUT2D eigenvalue weighted by molar-refractivity contribution is 0.406. The monoisotopic (exact) mass is 460 g/mol. The van der Waals surface area contributed by atoms with E-state index >= 15 is 0 Å². The SMILES string of the molecule is CCNC(=NCc1ncnn1C)NCCc1ccc(OC)cc1O.I. The number of methoxy groups -OCH3 is 1. The summed E-state index contributed by atoms with van der Waals surface area (Å²) in [6.07, 6.45) is 2.18. The minimum absolute atomic E-state index is 0. The zero-order valence-electron chi connectivity index (χ0n) is 14.7. The molecular formula is C16H25IN6O2. The van der Waals surface area contributed by atoms with Crippen molar-refractivity contribution in [2.45, 2.75) is 19.9 Å². The number of hydrogen-bond donors (Lipinski definition) is 3. The molecule has 1 aromatic carbocycles. The minimum Gasteiger partial charge on any atom is -0.508 e. The number of phenols is 1. The van der Waals surface area contributed by atoms with Crippen molar-refractivity contribution in [1.29, 1.82) is 0 Å². The maximum Gasteiger partial charge on any atom is 0.191 e. The van der Waals surface area contributed by atoms with E-state index in [1.54, 1.807) is 17.9 Å². The number of nitrogens with zero attached hydrogens (tertiary/aromatic N) is 4. The Balaban J connectivity index is 0.00000312. The highest BCUT2D eigenvalue weighted by atomic mass is 127. The average molecular weight is 460 g/mol. The van der Waals surface area contributed by atoms with Crippen LogP contribution in [0.2, 0.25) is 0 Å². The number of ether oxygens (including phenoxy) is 1. The fourth-order valence-electron chi connectivity index (χ4n) is 2.15. The van der Waals surface area contributed by atoms with Gasteiger partial charge in [-0.15, -0.1) is 24.0 Å². The van der Waals surface area contributed by atoms with Crippen LogP contribution in [-0.4, -0.2) is 46.0 Å². The van der Waals surface area contributed by atoms with E-state index in [1.807, 2.05) is 26.1 Å². The smallest absolute Gasteiger partial charge is 0.191 e. The van der Waals surface area contributed by atoms with Gasteiger partial charge in [0.2, 0.25) is 0 Å². The molecule has 0 saturated heterocycles. The van der Waals surface area contributed by atoms with E-state index in [2.05, 4.69) is 25.7 Å². The first kappa shape index (κ1) is 21.0. The van der Waals surface area contributed by atoms with Gasteiger partial charge in [-0.05, 0) is 25.0 Å². The van der Waals surface area contributed by atoms with Crippen molar-refractivity contribution >= 4 is 29.9 Å². The molecule has 2 aromatic rings. The van der Waals surface area contributed by atoms with E-state index in [-0.39, 0.29) is 29.7 Å². The lowest BCUT2D eigenvalue weighted by Gasteiger charge is -2.12. The molecule has 1 heterocycles. The number of benzene rings is 1. The van der Waals surface area contributed by atoms with Gasteiger partial charge in [-0.3, -0.25) is 4.68 Å². The maximum atomic E-state index is 9.98. The standard InChI is InChI=1S/C16H24N6O2.HI/c1-4-17-16(19-10-15-20-11-21-22(15)2)18-8-7-12-5-6-13(24-3)9-14(12)23;/h5-6,9,11,23H,4,7-8,10H2,1-3H3,(H2,17,18,19);1H. The van der Waals surface area contributed by atoms with Gasteiger partial charge in [0.1, 0.15) is 30.2 Å². The van der Waals surface area contributed by atoms with E-state index < -0.39 is 0 Å². The third kappa shape index (κ3) is 6.40. The molecule has 8 nitrogen and oxygen atoms in total. The number of phenolic OH excluding ortho intramolecular Hbond substituents is 1. The van der Waals surface area contributed by atoms with Crippen molar-refractivity contribution in [3.63, 3.8) is 0 Å². The minimum atomic E-state index is 0. The fraction of sp³-hybridized carbons (Fsp3) is 0.438. The molecule has 25 heavy (non-hydrogen) atoms. The van der Waals surface area contributed by atoms with E-state index in [4.69, 9.17) is 4.74 Å². The average Bonchev–Trinajstić information content (AvgIpc) is 2.99. The van der Waals surface area contributed by atoms with Gasteiger partial charge in [0.25, 0.3) is 0 Å². The molecule has 9 heteroatoms. The fourth-order valence-corrected chi connectivity index (χ4v) is 2.15. The lowest BCUT2D eigenvalue weighted by Crippen LogP contribution is -2.38. The summed E-state index contributed by atoms with van der Waals surface area (Å²) in [5, 5.41) is 20.4. The van der Waals surface area contributed by atoms with Crippen molar-refractivity contribution in [2.75, 3.05) is 20.2 Å². The van der Waals surface area contributed by atoms with E-state index in [0.29, 0.717) is 31.2 Å². The molecule has 138 valence electrons. The summed E-state index contributed by atoms with van der Waals surface area (Å²) in [6, 6.07) is 5.31. The summed E-state index contributed by atoms with van der Waals surface area (Å²) in [5.41, 5.74) is 0.854. The van der Waals surface area contributed by atoms with Crippen LogP contribution in [0.4, 0.5) is 0 Å². The van der Waals surface area contributed by atoms with Crippen LogP contribution in [0.15, 0.2) is 29.5 Å². The molecule has 0 radical (unpaired) electrons. The molecule has 0 aliphatic heterocycles. The molecule has 1 aromatic heterocycles. The molecule has 0 aliphatic carbocycles. The number of guanidine groups is 1. The third-order valence-corrected chi connectivity index (χ3v) is 3.51. The molecule has 0 atom stereocenters. The van der Waals surface area contributed by atoms with Gasteiger partial charge in [-0.2, -0.15) is 5.10 Å². The second kappa shape index (κ2) is 10.7. The van der Waals surface area contributed by atoms with Gasteiger partial charge >= 0.3 is 0 Å². The molecule has 3 N–H and O–H groups in total. The predicted octanol–water partition coefficient (Wildman–Crippen LogP) is 1.45. The van der Waals surface area contributed by atoms with Gasteiger partial charge in [0.05, 0.1) is 7.11 Å². The van der Waals surface area contributed by atoms with Crippen LogP contribution in [-0.2, 0) is 20.0 Å². The van der Waals surface area contributed by atoms with Crippen LogP contribution >= 0.6 is 24.0 Å². The molecule has 2 rings (SSSR count). The van der Waals surface area contributed by atoms with Crippen LogP contribution < -0.4 is 15.4 Å². The van der Waals surface area contributed by atoms with Crippen molar-refractivity contribution in [2.24, 2.45) is 12.0 Å². The number of hydrogen-bond acceptors (Lipinski definition) is 5. The van der Waals surface area contributed by atoms with Crippen LogP contribution in [0.3, 0.4) is 0 Å². The van der Waals surface area contributed by atoms with Crippen LogP contribution in [0, 0.1) is 0 Å². The first-order valence-corrected chi connectivity index (χ1v) is 7.85. The Morgan fingerprint density at radius 3 is 2.76 bits per heavy atom. The highest BCUT2D eigenvalue weighted by Gasteiger charge is 2.05. The van der Waals surface area contributed by atoms with E-state index in [1.165, 1.54) is 6.33 Å². The van der Waals surface area contributed by atoms with Crippen LogP contribution in [0.25, 0.3) is 0 Å². The number of halogens is 1. The molecule has 0 saturated carbocycles. The Morgan fingerprint density at radius 1 is 1.36 bits per heavy atom. The molecule has 0 spiro atoms. The highest BCUT2D eigenvalue weighted by molar-refractivity contribution is 14.0. The van der Waals surface area contributed by atoms with Crippen molar-refractivity contribution < 1.29 is 9.84 Å². The number of aryl methyl sites for hydroxylation is 1. The summed E-state index contributed by atoms with van der Waals surface area (Å²) in [5.74, 6) is 2.37. The van der Waals surface area contributed by atoms with Crippen molar-refractivity contribution in [1.82, 2.24) is 25.4 Å². The molecule has 0 bridgehead atoms. The predicted molar refractivity (Wildman–Crippen MR) is 108 cm³/mol. The number of aromatic nitrogens is 3. The van der Waals surface area contributed by atoms with Crippen LogP contribution in [0.5, 0.6) is 11.5 Å². The summed E-state index contributed by atoms with van der Waals surface area (Å²) in [6.45, 7) is 3.86. The Bertz CT molecular complexity index is 689. The second-order valence-electron chi connectivity index (χ2n) is 5.17. The number of aromatic hydroxyl groups is 1. The quantitative estimate of drug-likeness (QED) is 0.329. The van der Waals surface area contributed by atoms with Gasteiger partial charge in [0, 0.05) is 26.2 Å². The highest BCUT2D eigenvalue weighted by Crippen LogP contribution is 2.23. The second-order valence-corrected chi connectivity index (χ2v) is 5.17. The Labute approximate surface area is 164 Å². The Morgan fingerprint density at radius 2 is 2.16 bits per heavy atom. The zero-order chi connectivity index (χ0) is 17.4. The molecule has 0 aliphatic rings. The van der Waals surface area contributed by atoms with Gasteiger partial charge in [0.15, 0.2) is 5.96 Å². The maximum absolute atomic E-state index is 9.98. The summed E-state index contributed by atoms with van der Waals surface area (Å²) >= 11 is 0.